The molecule has 1 fully saturated rings. The van der Waals surface area contributed by atoms with Gasteiger partial charge in [0.2, 0.25) is 10.0 Å². The molecule has 1 aliphatic heterocycles. The van der Waals surface area contributed by atoms with E-state index in [9.17, 15) is 13.2 Å². The smallest absolute Gasteiger partial charge is 0.254 e. The third-order valence-corrected chi connectivity index (χ3v) is 5.04. The van der Waals surface area contributed by atoms with Crippen LogP contribution in [-0.4, -0.2) is 32.0 Å². The lowest BCUT2D eigenvalue weighted by Gasteiger charge is -2.25. The first kappa shape index (κ1) is 17.8. The molecule has 0 aliphatic carbocycles. The molecule has 0 saturated carbocycles. The maximum Gasteiger partial charge on any atom is 0.254 e. The fraction of sp³-hybridized carbons (Fsp3) is 0.278. The monoisotopic (exact) mass is 378 g/mol. The highest BCUT2D eigenvalue weighted by Gasteiger charge is 2.30. The largest absolute Gasteiger partial charge is 0.332 e. The van der Waals surface area contributed by atoms with Crippen LogP contribution in [0.3, 0.4) is 0 Å². The third-order valence-electron chi connectivity index (χ3n) is 4.18. The van der Waals surface area contributed by atoms with Gasteiger partial charge in [-0.15, -0.1) is 0 Å². The molecule has 1 atom stereocenters. The fourth-order valence-electron chi connectivity index (χ4n) is 3.14. The summed E-state index contributed by atoms with van der Waals surface area (Å²) in [4.78, 5) is 14.8. The number of halogens is 1. The number of hydrogen-bond donors (Lipinski definition) is 1. The van der Waals surface area contributed by atoms with E-state index in [0.29, 0.717) is 22.8 Å². The topological polar surface area (TPSA) is 66.5 Å². The Kier molecular flexibility index (Phi) is 5.01. The van der Waals surface area contributed by atoms with Gasteiger partial charge in [-0.25, -0.2) is 8.42 Å². The molecule has 1 saturated heterocycles. The fourth-order valence-corrected chi connectivity index (χ4v) is 3.82. The molecule has 7 heteroatoms. The lowest BCUT2D eigenvalue weighted by Crippen LogP contribution is -2.30. The minimum absolute atomic E-state index is 0.0105. The summed E-state index contributed by atoms with van der Waals surface area (Å²) in [5, 5.41) is 0.666. The van der Waals surface area contributed by atoms with E-state index in [2.05, 4.69) is 4.72 Å². The lowest BCUT2D eigenvalue weighted by atomic mass is 10.0. The number of carbonyl (C=O) groups excluding carboxylic acids is 1. The molecule has 25 heavy (non-hydrogen) atoms. The molecule has 5 nitrogen and oxygen atoms in total. The van der Waals surface area contributed by atoms with Crippen LogP contribution >= 0.6 is 11.6 Å². The van der Waals surface area contributed by atoms with Gasteiger partial charge in [0.05, 0.1) is 12.3 Å². The van der Waals surface area contributed by atoms with Crippen molar-refractivity contribution in [1.29, 1.82) is 0 Å². The highest BCUT2D eigenvalue weighted by Crippen LogP contribution is 2.33. The highest BCUT2D eigenvalue weighted by molar-refractivity contribution is 7.92. The number of nitrogens with zero attached hydrogens (tertiary/aromatic N) is 1. The average molecular weight is 379 g/mol. The SMILES string of the molecule is CS(=O)(=O)Nc1cccc(C(=O)N2CCC[C@H]2c2ccc(Cl)cc2)c1. The van der Waals surface area contributed by atoms with Gasteiger partial charge in [0.25, 0.3) is 5.91 Å². The maximum atomic E-state index is 12.9. The minimum atomic E-state index is -3.38. The van der Waals surface area contributed by atoms with E-state index in [4.69, 9.17) is 11.6 Å². The first-order chi connectivity index (χ1) is 11.8. The molecule has 1 N–H and O–H groups in total. The molecular formula is C18H19ClN2O3S. The van der Waals surface area contributed by atoms with Crippen molar-refractivity contribution >= 4 is 33.2 Å². The van der Waals surface area contributed by atoms with Crippen LogP contribution in [0.5, 0.6) is 0 Å². The quantitative estimate of drug-likeness (QED) is 0.882. The van der Waals surface area contributed by atoms with E-state index in [-0.39, 0.29) is 11.9 Å². The van der Waals surface area contributed by atoms with Crippen LogP contribution in [0.1, 0.15) is 34.8 Å². The third kappa shape index (κ3) is 4.32. The molecule has 1 heterocycles. The van der Waals surface area contributed by atoms with Gasteiger partial charge in [-0.2, -0.15) is 0 Å². The lowest BCUT2D eigenvalue weighted by molar-refractivity contribution is 0.0735. The van der Waals surface area contributed by atoms with Crippen molar-refractivity contribution < 1.29 is 13.2 Å². The second-order valence-electron chi connectivity index (χ2n) is 6.16. The van der Waals surface area contributed by atoms with Gasteiger partial charge in [0.1, 0.15) is 0 Å². The average Bonchev–Trinajstić information content (AvgIpc) is 3.03. The van der Waals surface area contributed by atoms with Gasteiger partial charge in [0.15, 0.2) is 0 Å². The number of sulfonamides is 1. The normalized spacial score (nSPS) is 17.5. The Balaban J connectivity index is 1.84. The van der Waals surface area contributed by atoms with E-state index in [1.807, 2.05) is 29.2 Å². The van der Waals surface area contributed by atoms with Crippen LogP contribution in [0.15, 0.2) is 48.5 Å². The predicted octanol–water partition coefficient (Wildman–Crippen LogP) is 3.69. The van der Waals surface area contributed by atoms with Gasteiger partial charge >= 0.3 is 0 Å². The summed E-state index contributed by atoms with van der Waals surface area (Å²) >= 11 is 5.95. The van der Waals surface area contributed by atoms with Crippen molar-refractivity contribution in [3.63, 3.8) is 0 Å². The van der Waals surface area contributed by atoms with Gasteiger partial charge in [-0.3, -0.25) is 9.52 Å². The summed E-state index contributed by atoms with van der Waals surface area (Å²) < 4.78 is 25.2. The van der Waals surface area contributed by atoms with Crippen LogP contribution < -0.4 is 4.72 Å². The number of amides is 1. The Labute approximate surface area is 152 Å². The first-order valence-corrected chi connectivity index (χ1v) is 10.2. The Hall–Kier alpha value is -2.05. The maximum absolute atomic E-state index is 12.9. The van der Waals surface area contributed by atoms with Crippen molar-refractivity contribution in [2.24, 2.45) is 0 Å². The van der Waals surface area contributed by atoms with Crippen molar-refractivity contribution in [2.75, 3.05) is 17.5 Å². The molecule has 132 valence electrons. The first-order valence-electron chi connectivity index (χ1n) is 7.98. The number of rotatable bonds is 4. The van der Waals surface area contributed by atoms with Crippen molar-refractivity contribution in [2.45, 2.75) is 18.9 Å². The van der Waals surface area contributed by atoms with Gasteiger partial charge in [0, 0.05) is 22.8 Å². The predicted molar refractivity (Wildman–Crippen MR) is 99.4 cm³/mol. The number of likely N-dealkylation sites (tertiary alicyclic amines) is 1. The molecule has 2 aromatic carbocycles. The number of carbonyl (C=O) groups is 1. The Bertz CT molecular complexity index is 881. The zero-order valence-electron chi connectivity index (χ0n) is 13.8. The van der Waals surface area contributed by atoms with E-state index in [0.717, 1.165) is 24.7 Å². The number of anilines is 1. The number of hydrogen-bond acceptors (Lipinski definition) is 3. The van der Waals surface area contributed by atoms with Crippen LogP contribution in [0, 0.1) is 0 Å². The minimum Gasteiger partial charge on any atom is -0.332 e. The second kappa shape index (κ2) is 7.06. The zero-order chi connectivity index (χ0) is 18.0. The summed E-state index contributed by atoms with van der Waals surface area (Å²) in [5.41, 5.74) is 1.91. The molecular weight excluding hydrogens is 360 g/mol. The number of nitrogens with one attached hydrogen (secondary N) is 1. The summed E-state index contributed by atoms with van der Waals surface area (Å²) in [6.07, 6.45) is 2.91. The Morgan fingerprint density at radius 3 is 2.60 bits per heavy atom. The summed E-state index contributed by atoms with van der Waals surface area (Å²) in [7, 11) is -3.38. The summed E-state index contributed by atoms with van der Waals surface area (Å²) in [5.74, 6) is -0.102. The Morgan fingerprint density at radius 2 is 1.92 bits per heavy atom. The van der Waals surface area contributed by atoms with Gasteiger partial charge < -0.3 is 4.90 Å². The van der Waals surface area contributed by atoms with Crippen LogP contribution in [-0.2, 0) is 10.0 Å². The molecule has 1 amide bonds. The van der Waals surface area contributed by atoms with E-state index < -0.39 is 10.0 Å². The molecule has 1 aliphatic rings. The van der Waals surface area contributed by atoms with Crippen molar-refractivity contribution in [3.8, 4) is 0 Å². The molecule has 0 unspecified atom stereocenters. The van der Waals surface area contributed by atoms with E-state index in [1.165, 1.54) is 0 Å². The molecule has 0 spiro atoms. The molecule has 2 aromatic rings. The molecule has 0 bridgehead atoms. The highest BCUT2D eigenvalue weighted by atomic mass is 35.5. The van der Waals surface area contributed by atoms with Crippen LogP contribution in [0.25, 0.3) is 0 Å². The second-order valence-corrected chi connectivity index (χ2v) is 8.35. The van der Waals surface area contributed by atoms with Crippen molar-refractivity contribution in [1.82, 2.24) is 4.90 Å². The zero-order valence-corrected chi connectivity index (χ0v) is 15.3. The summed E-state index contributed by atoms with van der Waals surface area (Å²) in [6, 6.07) is 14.1. The summed E-state index contributed by atoms with van der Waals surface area (Å²) in [6.45, 7) is 0.676. The molecule has 0 aromatic heterocycles. The molecule has 3 rings (SSSR count). The Morgan fingerprint density at radius 1 is 1.20 bits per heavy atom. The van der Waals surface area contributed by atoms with Crippen molar-refractivity contribution in [3.05, 3.63) is 64.7 Å². The van der Waals surface area contributed by atoms with E-state index in [1.54, 1.807) is 24.3 Å². The molecule has 0 radical (unpaired) electrons. The van der Waals surface area contributed by atoms with Gasteiger partial charge in [-0.1, -0.05) is 29.8 Å². The van der Waals surface area contributed by atoms with Crippen LogP contribution in [0.2, 0.25) is 5.02 Å². The number of benzene rings is 2. The van der Waals surface area contributed by atoms with E-state index >= 15 is 0 Å². The standard InChI is InChI=1S/C18H19ClN2O3S/c1-25(23,24)20-16-5-2-4-14(12-16)18(22)21-11-3-6-17(21)13-7-9-15(19)10-8-13/h2,4-5,7-10,12,17,20H,3,6,11H2,1H3/t17-/m0/s1. The van der Waals surface area contributed by atoms with Gasteiger partial charge in [-0.05, 0) is 48.7 Å². The van der Waals surface area contributed by atoms with Crippen LogP contribution in [0.4, 0.5) is 5.69 Å².